The van der Waals surface area contributed by atoms with Crippen molar-refractivity contribution in [1.82, 2.24) is 10.3 Å². The molecule has 0 saturated carbocycles. The zero-order valence-corrected chi connectivity index (χ0v) is 19.6. The summed E-state index contributed by atoms with van der Waals surface area (Å²) in [5.41, 5.74) is 2.10. The molecule has 2 N–H and O–H groups in total. The highest BCUT2D eigenvalue weighted by Crippen LogP contribution is 2.30. The van der Waals surface area contributed by atoms with Gasteiger partial charge in [0.1, 0.15) is 0 Å². The molecule has 1 unspecified atom stereocenters. The molecule has 154 valence electrons. The maximum absolute atomic E-state index is 5.64. The maximum Gasteiger partial charge on any atom is 0.195 e. The Morgan fingerprint density at radius 1 is 1.21 bits per heavy atom. The topological polar surface area (TPSA) is 67.8 Å². The van der Waals surface area contributed by atoms with Crippen molar-refractivity contribution in [2.45, 2.75) is 26.7 Å². The predicted octanol–water partition coefficient (Wildman–Crippen LogP) is 4.53. The minimum Gasteiger partial charge on any atom is -0.493 e. The Kier molecular flexibility index (Phi) is 10.7. The van der Waals surface area contributed by atoms with E-state index in [-0.39, 0.29) is 24.0 Å². The summed E-state index contributed by atoms with van der Waals surface area (Å²) in [6.07, 6.45) is 3.73. The molecular weight excluding hydrogens is 467 g/mol. The van der Waals surface area contributed by atoms with Crippen LogP contribution in [-0.2, 0) is 0 Å². The van der Waals surface area contributed by atoms with Crippen LogP contribution in [0.25, 0.3) is 0 Å². The third-order valence-corrected chi connectivity index (χ3v) is 4.36. The number of nitrogens with one attached hydrogen (secondary N) is 2. The fourth-order valence-electron chi connectivity index (χ4n) is 2.88. The minimum atomic E-state index is 0. The lowest BCUT2D eigenvalue weighted by atomic mass is 9.89. The van der Waals surface area contributed by atoms with Crippen LogP contribution in [0.3, 0.4) is 0 Å². The van der Waals surface area contributed by atoms with Crippen LogP contribution in [0.5, 0.6) is 11.5 Å². The van der Waals surface area contributed by atoms with Gasteiger partial charge in [-0.05, 0) is 36.6 Å². The van der Waals surface area contributed by atoms with Crippen LogP contribution in [0.2, 0.25) is 0 Å². The smallest absolute Gasteiger partial charge is 0.195 e. The first-order chi connectivity index (χ1) is 13.1. The lowest BCUT2D eigenvalue weighted by Crippen LogP contribution is -2.35. The zero-order valence-electron chi connectivity index (χ0n) is 17.2. The van der Waals surface area contributed by atoms with E-state index in [4.69, 9.17) is 9.47 Å². The Bertz CT molecular complexity index is 738. The number of guanidine groups is 1. The second kappa shape index (κ2) is 12.4. The van der Waals surface area contributed by atoms with Gasteiger partial charge < -0.3 is 20.1 Å². The normalized spacial score (nSPS) is 12.1. The van der Waals surface area contributed by atoms with Gasteiger partial charge in [-0.25, -0.2) is 0 Å². The molecule has 0 radical (unpaired) electrons. The Labute approximate surface area is 185 Å². The molecule has 0 fully saturated rings. The number of halogens is 1. The molecule has 0 saturated heterocycles. The maximum atomic E-state index is 5.64. The van der Waals surface area contributed by atoms with Crippen molar-refractivity contribution < 1.29 is 9.47 Å². The van der Waals surface area contributed by atoms with Crippen LogP contribution in [0.15, 0.2) is 47.7 Å². The van der Waals surface area contributed by atoms with Gasteiger partial charge in [-0.3, -0.25) is 9.98 Å². The quantitative estimate of drug-likeness (QED) is 0.318. The molecule has 0 bridgehead atoms. The molecule has 7 heteroatoms. The van der Waals surface area contributed by atoms with E-state index in [9.17, 15) is 0 Å². The SMILES string of the molecule is CCOc1cc(NC(=NC)NCC(c2cccnc2)C(C)C)ccc1OC.I. The molecular formula is C21H31IN4O2. The van der Waals surface area contributed by atoms with Crippen LogP contribution in [0.1, 0.15) is 32.3 Å². The van der Waals surface area contributed by atoms with E-state index in [2.05, 4.69) is 40.5 Å². The second-order valence-electron chi connectivity index (χ2n) is 6.51. The number of pyridine rings is 1. The van der Waals surface area contributed by atoms with E-state index in [0.29, 0.717) is 35.9 Å². The lowest BCUT2D eigenvalue weighted by Gasteiger charge is -2.23. The van der Waals surface area contributed by atoms with E-state index in [1.165, 1.54) is 5.56 Å². The summed E-state index contributed by atoms with van der Waals surface area (Å²) < 4.78 is 11.0. The van der Waals surface area contributed by atoms with Gasteiger partial charge >= 0.3 is 0 Å². The average Bonchev–Trinajstić information content (AvgIpc) is 2.68. The number of methoxy groups -OCH3 is 1. The largest absolute Gasteiger partial charge is 0.493 e. The lowest BCUT2D eigenvalue weighted by molar-refractivity contribution is 0.311. The van der Waals surface area contributed by atoms with Gasteiger partial charge in [-0.2, -0.15) is 0 Å². The van der Waals surface area contributed by atoms with E-state index in [0.717, 1.165) is 12.2 Å². The van der Waals surface area contributed by atoms with Crippen LogP contribution in [0.4, 0.5) is 5.69 Å². The summed E-state index contributed by atoms with van der Waals surface area (Å²) in [6, 6.07) is 9.83. The summed E-state index contributed by atoms with van der Waals surface area (Å²) in [5.74, 6) is 2.94. The molecule has 1 heterocycles. The van der Waals surface area contributed by atoms with Gasteiger partial charge in [0, 0.05) is 43.7 Å². The highest BCUT2D eigenvalue weighted by molar-refractivity contribution is 14.0. The first-order valence-electron chi connectivity index (χ1n) is 9.27. The molecule has 0 aliphatic rings. The molecule has 6 nitrogen and oxygen atoms in total. The average molecular weight is 498 g/mol. The molecule has 1 atom stereocenters. The Morgan fingerprint density at radius 3 is 2.57 bits per heavy atom. The number of hydrogen-bond acceptors (Lipinski definition) is 4. The summed E-state index contributed by atoms with van der Waals surface area (Å²) in [6.45, 7) is 7.72. The fourth-order valence-corrected chi connectivity index (χ4v) is 2.88. The van der Waals surface area contributed by atoms with E-state index in [1.54, 1.807) is 20.4 Å². The Hall–Kier alpha value is -2.03. The monoisotopic (exact) mass is 498 g/mol. The molecule has 28 heavy (non-hydrogen) atoms. The van der Waals surface area contributed by atoms with E-state index < -0.39 is 0 Å². The van der Waals surface area contributed by atoms with Gasteiger partial charge in [0.05, 0.1) is 13.7 Å². The van der Waals surface area contributed by atoms with Gasteiger partial charge in [-0.15, -0.1) is 24.0 Å². The highest BCUT2D eigenvalue weighted by atomic mass is 127. The Balaban J connectivity index is 0.00000392. The highest BCUT2D eigenvalue weighted by Gasteiger charge is 2.16. The summed E-state index contributed by atoms with van der Waals surface area (Å²) >= 11 is 0. The molecule has 0 spiro atoms. The number of aromatic nitrogens is 1. The van der Waals surface area contributed by atoms with Crippen molar-refractivity contribution in [2.24, 2.45) is 10.9 Å². The number of aliphatic imine (C=N–C) groups is 1. The number of anilines is 1. The Morgan fingerprint density at radius 2 is 2.00 bits per heavy atom. The number of rotatable bonds is 8. The number of hydrogen-bond donors (Lipinski definition) is 2. The van der Waals surface area contributed by atoms with Gasteiger partial charge in [0.2, 0.25) is 0 Å². The predicted molar refractivity (Wildman–Crippen MR) is 126 cm³/mol. The van der Waals surface area contributed by atoms with Crippen molar-refractivity contribution in [3.8, 4) is 11.5 Å². The molecule has 0 aliphatic carbocycles. The molecule has 0 aliphatic heterocycles. The molecule has 1 aromatic carbocycles. The van der Waals surface area contributed by atoms with E-state index in [1.807, 2.05) is 37.4 Å². The first-order valence-corrected chi connectivity index (χ1v) is 9.27. The van der Waals surface area contributed by atoms with E-state index >= 15 is 0 Å². The van der Waals surface area contributed by atoms with Crippen molar-refractivity contribution >= 4 is 35.6 Å². The second-order valence-corrected chi connectivity index (χ2v) is 6.51. The number of benzene rings is 1. The van der Waals surface area contributed by atoms with Crippen molar-refractivity contribution in [3.63, 3.8) is 0 Å². The molecule has 1 aromatic heterocycles. The third-order valence-electron chi connectivity index (χ3n) is 4.36. The van der Waals surface area contributed by atoms with Crippen molar-refractivity contribution in [2.75, 3.05) is 32.6 Å². The zero-order chi connectivity index (χ0) is 19.6. The molecule has 0 amide bonds. The van der Waals surface area contributed by atoms with Crippen LogP contribution in [-0.4, -0.2) is 38.3 Å². The van der Waals surface area contributed by atoms with Gasteiger partial charge in [-0.1, -0.05) is 19.9 Å². The van der Waals surface area contributed by atoms with Crippen LogP contribution < -0.4 is 20.1 Å². The van der Waals surface area contributed by atoms with Crippen molar-refractivity contribution in [1.29, 1.82) is 0 Å². The van der Waals surface area contributed by atoms with Crippen LogP contribution in [0, 0.1) is 5.92 Å². The van der Waals surface area contributed by atoms with Gasteiger partial charge in [0.25, 0.3) is 0 Å². The van der Waals surface area contributed by atoms with Gasteiger partial charge in [0.15, 0.2) is 17.5 Å². The number of nitrogens with zero attached hydrogens (tertiary/aromatic N) is 2. The molecule has 2 aromatic rings. The fraction of sp³-hybridized carbons (Fsp3) is 0.429. The van der Waals surface area contributed by atoms with Crippen LogP contribution >= 0.6 is 24.0 Å². The first kappa shape index (κ1) is 24.0. The summed E-state index contributed by atoms with van der Waals surface area (Å²) in [7, 11) is 3.40. The standard InChI is InChI=1S/C21H30N4O2.HI/c1-6-27-20-12-17(9-10-19(20)26-5)25-21(22-4)24-14-18(15(2)3)16-8-7-11-23-13-16;/h7-13,15,18H,6,14H2,1-5H3,(H2,22,24,25);1H. The minimum absolute atomic E-state index is 0. The summed E-state index contributed by atoms with van der Waals surface area (Å²) in [5, 5.41) is 6.73. The third kappa shape index (κ3) is 6.85. The van der Waals surface area contributed by atoms with Crippen molar-refractivity contribution in [3.05, 3.63) is 48.3 Å². The number of ether oxygens (including phenoxy) is 2. The molecule has 2 rings (SSSR count). The summed E-state index contributed by atoms with van der Waals surface area (Å²) in [4.78, 5) is 8.58.